The van der Waals surface area contributed by atoms with Gasteiger partial charge in [-0.1, -0.05) is 29.8 Å². The van der Waals surface area contributed by atoms with Gasteiger partial charge in [0.2, 0.25) is 0 Å². The molecule has 134 valence electrons. The number of rotatable bonds is 3. The predicted molar refractivity (Wildman–Crippen MR) is 109 cm³/mol. The molecule has 5 nitrogen and oxygen atoms in total. The van der Waals surface area contributed by atoms with Crippen LogP contribution in [-0.2, 0) is 7.05 Å². The van der Waals surface area contributed by atoms with E-state index in [0.29, 0.717) is 12.1 Å². The molecule has 3 aromatic rings. The van der Waals surface area contributed by atoms with Crippen LogP contribution in [0.3, 0.4) is 0 Å². The maximum Gasteiger partial charge on any atom is 0.260 e. The fourth-order valence-electron chi connectivity index (χ4n) is 2.97. The van der Waals surface area contributed by atoms with Crippen molar-refractivity contribution in [2.45, 2.75) is 16.7 Å². The summed E-state index contributed by atoms with van der Waals surface area (Å²) in [7, 11) is 1.88. The van der Waals surface area contributed by atoms with Gasteiger partial charge in [-0.3, -0.25) is 14.4 Å². The van der Waals surface area contributed by atoms with Crippen molar-refractivity contribution in [3.63, 3.8) is 0 Å². The molecule has 0 radical (unpaired) electrons. The lowest BCUT2D eigenvalue weighted by Crippen LogP contribution is -2.31. The summed E-state index contributed by atoms with van der Waals surface area (Å²) in [4.78, 5) is 16.8. The van der Waals surface area contributed by atoms with Gasteiger partial charge in [-0.15, -0.1) is 5.92 Å². The zero-order valence-corrected chi connectivity index (χ0v) is 15.9. The van der Waals surface area contributed by atoms with Crippen molar-refractivity contribution in [1.29, 1.82) is 0 Å². The lowest BCUT2D eigenvalue weighted by atomic mass is 10.1. The number of nitrogens with one attached hydrogen (secondary N) is 1. The highest BCUT2D eigenvalue weighted by Gasteiger charge is 2.26. The third kappa shape index (κ3) is 3.42. The number of anilines is 3. The zero-order chi connectivity index (χ0) is 18.8. The van der Waals surface area contributed by atoms with Crippen LogP contribution in [-0.4, -0.2) is 22.2 Å². The third-order valence-electron chi connectivity index (χ3n) is 4.24. The second-order valence-corrected chi connectivity index (χ2v) is 7.21. The van der Waals surface area contributed by atoms with Gasteiger partial charge in [-0.2, -0.15) is 5.10 Å². The molecule has 0 fully saturated rings. The molecule has 1 aromatic heterocycles. The minimum atomic E-state index is -0.0208. The first kappa shape index (κ1) is 17.3. The summed E-state index contributed by atoms with van der Waals surface area (Å²) < 4.78 is 1.75. The average molecular weight is 374 g/mol. The van der Waals surface area contributed by atoms with Gasteiger partial charge in [0.05, 0.1) is 29.7 Å². The van der Waals surface area contributed by atoms with Crippen LogP contribution in [0.15, 0.2) is 64.6 Å². The van der Waals surface area contributed by atoms with E-state index in [1.165, 1.54) is 0 Å². The largest absolute Gasteiger partial charge is 0.353 e. The molecule has 1 amide bonds. The van der Waals surface area contributed by atoms with E-state index in [-0.39, 0.29) is 5.91 Å². The fraction of sp³-hybridized carbons (Fsp3) is 0.143. The van der Waals surface area contributed by atoms with E-state index in [4.69, 9.17) is 0 Å². The Hall–Kier alpha value is -3.17. The topological polar surface area (TPSA) is 50.2 Å². The molecular weight excluding hydrogens is 356 g/mol. The molecule has 2 heterocycles. The van der Waals surface area contributed by atoms with Crippen molar-refractivity contribution < 1.29 is 4.79 Å². The molecule has 1 aliphatic rings. The summed E-state index contributed by atoms with van der Waals surface area (Å²) in [6, 6.07) is 13.7. The Morgan fingerprint density at radius 2 is 2.00 bits per heavy atom. The van der Waals surface area contributed by atoms with Gasteiger partial charge in [0, 0.05) is 28.7 Å². The van der Waals surface area contributed by atoms with E-state index in [9.17, 15) is 4.79 Å². The monoisotopic (exact) mass is 374 g/mol. The molecule has 27 heavy (non-hydrogen) atoms. The van der Waals surface area contributed by atoms with Crippen LogP contribution in [0.1, 0.15) is 17.3 Å². The summed E-state index contributed by atoms with van der Waals surface area (Å²) >= 11 is 1.60. The molecule has 0 aliphatic carbocycles. The van der Waals surface area contributed by atoms with Gasteiger partial charge in [0.25, 0.3) is 5.91 Å². The van der Waals surface area contributed by atoms with Crippen molar-refractivity contribution in [3.8, 4) is 11.8 Å². The molecule has 2 aromatic carbocycles. The van der Waals surface area contributed by atoms with Gasteiger partial charge < -0.3 is 5.32 Å². The molecule has 0 saturated heterocycles. The minimum Gasteiger partial charge on any atom is -0.353 e. The minimum absolute atomic E-state index is 0.0208. The number of benzene rings is 2. The standard InChI is InChI=1S/C21H18N4OS/c1-3-4-11-25-18-10-9-15(23-16-13-22-24(2)14-16)12-20(18)27-19-8-6-5-7-17(19)21(25)26/h5-10,12-14,23H,11H2,1-2H3. The first-order valence-electron chi connectivity index (χ1n) is 8.54. The maximum absolute atomic E-state index is 13.1. The maximum atomic E-state index is 13.1. The van der Waals surface area contributed by atoms with E-state index in [1.807, 2.05) is 49.6 Å². The van der Waals surface area contributed by atoms with Crippen LogP contribution in [0.25, 0.3) is 0 Å². The molecule has 1 aliphatic heterocycles. The van der Waals surface area contributed by atoms with Gasteiger partial charge in [0.1, 0.15) is 0 Å². The molecule has 0 saturated carbocycles. The first-order valence-corrected chi connectivity index (χ1v) is 9.35. The van der Waals surface area contributed by atoms with E-state index in [2.05, 4.69) is 28.3 Å². The van der Waals surface area contributed by atoms with Gasteiger partial charge in [0.15, 0.2) is 0 Å². The summed E-state index contributed by atoms with van der Waals surface area (Å²) in [5.41, 5.74) is 3.45. The number of amides is 1. The number of hydrogen-bond acceptors (Lipinski definition) is 4. The molecule has 0 bridgehead atoms. The number of fused-ring (bicyclic) bond motifs is 2. The van der Waals surface area contributed by atoms with Crippen LogP contribution in [0.4, 0.5) is 17.1 Å². The van der Waals surface area contributed by atoms with E-state index >= 15 is 0 Å². The normalized spacial score (nSPS) is 12.5. The molecule has 4 rings (SSSR count). The van der Waals surface area contributed by atoms with Gasteiger partial charge >= 0.3 is 0 Å². The zero-order valence-electron chi connectivity index (χ0n) is 15.1. The number of nitrogens with zero attached hydrogens (tertiary/aromatic N) is 3. The fourth-order valence-corrected chi connectivity index (χ4v) is 4.09. The lowest BCUT2D eigenvalue weighted by molar-refractivity contribution is 0.0987. The van der Waals surface area contributed by atoms with Crippen LogP contribution in [0.2, 0.25) is 0 Å². The highest BCUT2D eigenvalue weighted by Crippen LogP contribution is 2.42. The van der Waals surface area contributed by atoms with Crippen molar-refractivity contribution in [1.82, 2.24) is 9.78 Å². The van der Waals surface area contributed by atoms with Gasteiger partial charge in [-0.25, -0.2) is 0 Å². The van der Waals surface area contributed by atoms with Crippen LogP contribution < -0.4 is 10.2 Å². The average Bonchev–Trinajstić information content (AvgIpc) is 3.03. The van der Waals surface area contributed by atoms with Crippen molar-refractivity contribution in [2.75, 3.05) is 16.8 Å². The Bertz CT molecular complexity index is 1080. The second kappa shape index (κ2) is 7.22. The molecular formula is C21H18N4OS. The molecule has 6 heteroatoms. The van der Waals surface area contributed by atoms with Crippen molar-refractivity contribution in [2.24, 2.45) is 7.05 Å². The summed E-state index contributed by atoms with van der Waals surface area (Å²) in [6.45, 7) is 2.15. The Morgan fingerprint density at radius 3 is 2.78 bits per heavy atom. The molecule has 1 N–H and O–H groups in total. The third-order valence-corrected chi connectivity index (χ3v) is 5.36. The van der Waals surface area contributed by atoms with Crippen molar-refractivity contribution in [3.05, 3.63) is 60.4 Å². The summed E-state index contributed by atoms with van der Waals surface area (Å²) in [5.74, 6) is 5.89. The Balaban J connectivity index is 1.77. The summed E-state index contributed by atoms with van der Waals surface area (Å²) in [5, 5.41) is 7.54. The Morgan fingerprint density at radius 1 is 1.15 bits per heavy atom. The van der Waals surface area contributed by atoms with Gasteiger partial charge in [-0.05, 0) is 37.3 Å². The number of carbonyl (C=O) groups excluding carboxylic acids is 1. The van der Waals surface area contributed by atoms with Crippen LogP contribution in [0.5, 0.6) is 0 Å². The van der Waals surface area contributed by atoms with Crippen LogP contribution >= 0.6 is 11.8 Å². The van der Waals surface area contributed by atoms with E-state index in [0.717, 1.165) is 26.9 Å². The quantitative estimate of drug-likeness (QED) is 0.695. The Labute approximate surface area is 162 Å². The number of carbonyl (C=O) groups is 1. The van der Waals surface area contributed by atoms with Crippen molar-refractivity contribution >= 4 is 34.7 Å². The SMILES string of the molecule is CC#CCN1C(=O)c2ccccc2Sc2cc(Nc3cnn(C)c3)ccc21. The first-order chi connectivity index (χ1) is 13.2. The number of hydrogen-bond donors (Lipinski definition) is 1. The number of aromatic nitrogens is 2. The highest BCUT2D eigenvalue weighted by molar-refractivity contribution is 7.99. The Kier molecular flexibility index (Phi) is 4.61. The van der Waals surface area contributed by atoms with E-state index in [1.54, 1.807) is 34.5 Å². The smallest absolute Gasteiger partial charge is 0.260 e. The summed E-state index contributed by atoms with van der Waals surface area (Å²) in [6.07, 6.45) is 3.70. The highest BCUT2D eigenvalue weighted by atomic mass is 32.2. The molecule has 0 spiro atoms. The lowest BCUT2D eigenvalue weighted by Gasteiger charge is -2.21. The number of aryl methyl sites for hydroxylation is 1. The second-order valence-electron chi connectivity index (χ2n) is 6.13. The molecule has 0 atom stereocenters. The van der Waals surface area contributed by atoms with Crippen LogP contribution in [0, 0.1) is 11.8 Å². The predicted octanol–water partition coefficient (Wildman–Crippen LogP) is 4.30. The van der Waals surface area contributed by atoms with E-state index < -0.39 is 0 Å². The molecule has 0 unspecified atom stereocenters.